The van der Waals surface area contributed by atoms with E-state index in [1.54, 1.807) is 18.2 Å². The van der Waals surface area contributed by atoms with Crippen molar-refractivity contribution in [1.82, 2.24) is 15.2 Å². The smallest absolute Gasteiger partial charge is 0.277 e. The Morgan fingerprint density at radius 3 is 2.90 bits per heavy atom. The Bertz CT molecular complexity index is 722. The second-order valence-electron chi connectivity index (χ2n) is 3.67. The first kappa shape index (κ1) is 13.5. The zero-order valence-corrected chi connectivity index (χ0v) is 10.4. The van der Waals surface area contributed by atoms with E-state index in [0.717, 1.165) is 0 Å². The van der Waals surface area contributed by atoms with Crippen LogP contribution in [0.3, 0.4) is 0 Å². The van der Waals surface area contributed by atoms with Gasteiger partial charge in [0.15, 0.2) is 0 Å². The topological polar surface area (TPSA) is 114 Å². The molecule has 0 aliphatic carbocycles. The SMILES string of the molecule is NCC#Cc1cccc(NC(=O)c2ccc(=O)[nH]n2)n1. The number of amides is 1. The highest BCUT2D eigenvalue weighted by molar-refractivity contribution is 6.02. The lowest BCUT2D eigenvalue weighted by molar-refractivity contribution is 0.102. The largest absolute Gasteiger partial charge is 0.320 e. The molecule has 2 aromatic heterocycles. The molecule has 7 heteroatoms. The maximum Gasteiger partial charge on any atom is 0.277 e. The van der Waals surface area contributed by atoms with Gasteiger partial charge in [0.1, 0.15) is 17.2 Å². The summed E-state index contributed by atoms with van der Waals surface area (Å²) in [6.45, 7) is 0.236. The molecule has 2 rings (SSSR count). The second kappa shape index (κ2) is 6.26. The molecular formula is C13H11N5O2. The van der Waals surface area contributed by atoms with Gasteiger partial charge in [0, 0.05) is 6.07 Å². The Hall–Kier alpha value is -2.98. The molecule has 0 bridgehead atoms. The van der Waals surface area contributed by atoms with Crippen LogP contribution in [0.2, 0.25) is 0 Å². The Morgan fingerprint density at radius 1 is 1.35 bits per heavy atom. The van der Waals surface area contributed by atoms with Crippen LogP contribution in [0.25, 0.3) is 0 Å². The molecule has 0 spiro atoms. The van der Waals surface area contributed by atoms with Gasteiger partial charge in [0.2, 0.25) is 0 Å². The molecule has 0 aromatic carbocycles. The van der Waals surface area contributed by atoms with Gasteiger partial charge in [0.25, 0.3) is 11.5 Å². The third kappa shape index (κ3) is 3.51. The van der Waals surface area contributed by atoms with Crippen LogP contribution >= 0.6 is 0 Å². The van der Waals surface area contributed by atoms with E-state index in [4.69, 9.17) is 5.73 Å². The lowest BCUT2D eigenvalue weighted by atomic mass is 10.3. The van der Waals surface area contributed by atoms with Crippen molar-refractivity contribution in [3.63, 3.8) is 0 Å². The predicted molar refractivity (Wildman–Crippen MR) is 73.0 cm³/mol. The Morgan fingerprint density at radius 2 is 2.20 bits per heavy atom. The van der Waals surface area contributed by atoms with E-state index >= 15 is 0 Å². The van der Waals surface area contributed by atoms with Gasteiger partial charge in [-0.05, 0) is 24.1 Å². The van der Waals surface area contributed by atoms with Gasteiger partial charge in [-0.1, -0.05) is 12.0 Å². The highest BCUT2D eigenvalue weighted by Gasteiger charge is 2.08. The number of rotatable bonds is 2. The monoisotopic (exact) mass is 269 g/mol. The number of aromatic amines is 1. The number of carbonyl (C=O) groups is 1. The lowest BCUT2D eigenvalue weighted by Gasteiger charge is -2.03. The summed E-state index contributed by atoms with van der Waals surface area (Å²) >= 11 is 0. The molecule has 4 N–H and O–H groups in total. The van der Waals surface area contributed by atoms with Gasteiger partial charge in [0.05, 0.1) is 6.54 Å². The number of nitrogens with zero attached hydrogens (tertiary/aromatic N) is 2. The standard InChI is InChI=1S/C13H11N5O2/c14-8-2-4-9-3-1-5-11(15-9)16-13(20)10-6-7-12(19)18-17-10/h1,3,5-7H,8,14H2,(H,18,19)(H,15,16,20). The van der Waals surface area contributed by atoms with E-state index in [0.29, 0.717) is 11.5 Å². The van der Waals surface area contributed by atoms with Crippen LogP contribution in [0.15, 0.2) is 35.1 Å². The highest BCUT2D eigenvalue weighted by atomic mass is 16.2. The molecular weight excluding hydrogens is 258 g/mol. The van der Waals surface area contributed by atoms with E-state index < -0.39 is 5.91 Å². The number of hydrogen-bond acceptors (Lipinski definition) is 5. The summed E-state index contributed by atoms with van der Waals surface area (Å²) in [7, 11) is 0. The molecule has 100 valence electrons. The summed E-state index contributed by atoms with van der Waals surface area (Å²) in [5.74, 6) is 5.30. The lowest BCUT2D eigenvalue weighted by Crippen LogP contribution is -2.18. The third-order valence-corrected chi connectivity index (χ3v) is 2.22. The maximum absolute atomic E-state index is 11.9. The van der Waals surface area contributed by atoms with Crippen LogP contribution in [0, 0.1) is 11.8 Å². The van der Waals surface area contributed by atoms with Gasteiger partial charge >= 0.3 is 0 Å². The molecule has 20 heavy (non-hydrogen) atoms. The van der Waals surface area contributed by atoms with Gasteiger partial charge < -0.3 is 11.1 Å². The van der Waals surface area contributed by atoms with Crippen LogP contribution in [-0.4, -0.2) is 27.6 Å². The van der Waals surface area contributed by atoms with Crippen LogP contribution < -0.4 is 16.6 Å². The van der Waals surface area contributed by atoms with Crippen molar-refractivity contribution in [2.24, 2.45) is 5.73 Å². The minimum atomic E-state index is -0.474. The van der Waals surface area contributed by atoms with E-state index in [1.807, 2.05) is 0 Å². The van der Waals surface area contributed by atoms with E-state index in [9.17, 15) is 9.59 Å². The third-order valence-electron chi connectivity index (χ3n) is 2.22. The number of nitrogens with one attached hydrogen (secondary N) is 2. The molecule has 0 unspecified atom stereocenters. The number of H-pyrrole nitrogens is 1. The van der Waals surface area contributed by atoms with E-state index in [2.05, 4.69) is 32.3 Å². The van der Waals surface area contributed by atoms with Crippen LogP contribution in [0.4, 0.5) is 5.82 Å². The van der Waals surface area contributed by atoms with Gasteiger partial charge in [-0.2, -0.15) is 5.10 Å². The maximum atomic E-state index is 11.9. The van der Waals surface area contributed by atoms with Crippen LogP contribution in [0.1, 0.15) is 16.2 Å². The van der Waals surface area contributed by atoms with Gasteiger partial charge in [-0.15, -0.1) is 0 Å². The van der Waals surface area contributed by atoms with Crippen LogP contribution in [0.5, 0.6) is 0 Å². The summed E-state index contributed by atoms with van der Waals surface area (Å²) in [5, 5.41) is 8.37. The van der Waals surface area contributed by atoms with Gasteiger partial charge in [-0.3, -0.25) is 9.59 Å². The molecule has 0 aliphatic heterocycles. The molecule has 0 saturated carbocycles. The average molecular weight is 269 g/mol. The second-order valence-corrected chi connectivity index (χ2v) is 3.67. The molecule has 0 saturated heterocycles. The first-order valence-electron chi connectivity index (χ1n) is 5.72. The van der Waals surface area contributed by atoms with Crippen molar-refractivity contribution in [2.75, 3.05) is 11.9 Å². The molecule has 0 fully saturated rings. The van der Waals surface area contributed by atoms with Crippen molar-refractivity contribution in [3.05, 3.63) is 52.1 Å². The number of carbonyl (C=O) groups excluding carboxylic acids is 1. The number of pyridine rings is 1. The number of nitrogens with two attached hydrogens (primary N) is 1. The van der Waals surface area contributed by atoms with Crippen molar-refractivity contribution in [2.45, 2.75) is 0 Å². The average Bonchev–Trinajstić information content (AvgIpc) is 2.46. The Kier molecular flexibility index (Phi) is 4.21. The van der Waals surface area contributed by atoms with Crippen LogP contribution in [-0.2, 0) is 0 Å². The Balaban J connectivity index is 2.15. The molecule has 7 nitrogen and oxygen atoms in total. The summed E-state index contributed by atoms with van der Waals surface area (Å²) in [5.41, 5.74) is 5.49. The van der Waals surface area contributed by atoms with Crippen molar-refractivity contribution >= 4 is 11.7 Å². The van der Waals surface area contributed by atoms with Crippen molar-refractivity contribution in [3.8, 4) is 11.8 Å². The quantitative estimate of drug-likeness (QED) is 0.649. The minimum absolute atomic E-state index is 0.0878. The molecule has 0 radical (unpaired) electrons. The van der Waals surface area contributed by atoms with Crippen molar-refractivity contribution < 1.29 is 4.79 Å². The zero-order chi connectivity index (χ0) is 14.4. The fourth-order valence-corrected chi connectivity index (χ4v) is 1.37. The van der Waals surface area contributed by atoms with Crippen molar-refractivity contribution in [1.29, 1.82) is 0 Å². The fourth-order valence-electron chi connectivity index (χ4n) is 1.37. The normalized spacial score (nSPS) is 9.45. The Labute approximate surface area is 114 Å². The minimum Gasteiger partial charge on any atom is -0.320 e. The number of anilines is 1. The first-order chi connectivity index (χ1) is 9.69. The number of hydrogen-bond donors (Lipinski definition) is 3. The summed E-state index contributed by atoms with van der Waals surface area (Å²) in [6, 6.07) is 7.59. The molecule has 0 aliphatic rings. The molecule has 2 aromatic rings. The fraction of sp³-hybridized carbons (Fsp3) is 0.0769. The molecule has 2 heterocycles. The summed E-state index contributed by atoms with van der Waals surface area (Å²) in [6.07, 6.45) is 0. The van der Waals surface area contributed by atoms with Gasteiger partial charge in [-0.25, -0.2) is 10.1 Å². The molecule has 1 amide bonds. The highest BCUT2D eigenvalue weighted by Crippen LogP contribution is 2.05. The summed E-state index contributed by atoms with van der Waals surface area (Å²) in [4.78, 5) is 26.9. The first-order valence-corrected chi connectivity index (χ1v) is 5.72. The zero-order valence-electron chi connectivity index (χ0n) is 10.4. The predicted octanol–water partition coefficient (Wildman–Crippen LogP) is -0.273. The number of aromatic nitrogens is 3. The summed E-state index contributed by atoms with van der Waals surface area (Å²) < 4.78 is 0. The van der Waals surface area contributed by atoms with E-state index in [1.165, 1.54) is 12.1 Å². The molecule has 0 atom stereocenters. The van der Waals surface area contributed by atoms with E-state index in [-0.39, 0.29) is 17.8 Å².